The Labute approximate surface area is 194 Å². The first-order valence-corrected chi connectivity index (χ1v) is 11.4. The second-order valence-corrected chi connectivity index (χ2v) is 8.76. The Bertz CT molecular complexity index is 1090. The molecule has 1 aliphatic rings. The van der Waals surface area contributed by atoms with E-state index in [1.54, 1.807) is 25.7 Å². The van der Waals surface area contributed by atoms with E-state index in [0.717, 1.165) is 24.8 Å². The van der Waals surface area contributed by atoms with E-state index in [9.17, 15) is 19.6 Å². The molecule has 1 N–H and O–H groups in total. The number of amides is 1. The molecule has 1 atom stereocenters. The van der Waals surface area contributed by atoms with Gasteiger partial charge in [0, 0.05) is 25.2 Å². The summed E-state index contributed by atoms with van der Waals surface area (Å²) < 4.78 is 5.40. The molecular weight excluding hydrogens is 418 g/mol. The fourth-order valence-corrected chi connectivity index (χ4v) is 4.52. The van der Waals surface area contributed by atoms with Gasteiger partial charge in [-0.25, -0.2) is 0 Å². The summed E-state index contributed by atoms with van der Waals surface area (Å²) in [6.45, 7) is 6.40. The van der Waals surface area contributed by atoms with Crippen LogP contribution in [0.5, 0.6) is 0 Å². The molecule has 1 aliphatic heterocycles. The lowest BCUT2D eigenvalue weighted by atomic mass is 9.90. The molecular formula is C26H31N3O4. The largest absolute Gasteiger partial charge is 0.453 e. The van der Waals surface area contributed by atoms with Crippen molar-refractivity contribution in [1.29, 1.82) is 5.26 Å². The first kappa shape index (κ1) is 24.2. The van der Waals surface area contributed by atoms with Crippen LogP contribution in [0.2, 0.25) is 0 Å². The van der Waals surface area contributed by atoms with Crippen molar-refractivity contribution < 1.29 is 14.3 Å². The highest BCUT2D eigenvalue weighted by molar-refractivity contribution is 5.83. The van der Waals surface area contributed by atoms with Crippen molar-refractivity contribution in [2.75, 3.05) is 13.1 Å². The van der Waals surface area contributed by atoms with Gasteiger partial charge in [-0.2, -0.15) is 5.26 Å². The number of piperidine rings is 1. The number of hydrogen-bond acceptors (Lipinski definition) is 5. The van der Waals surface area contributed by atoms with Crippen molar-refractivity contribution in [1.82, 2.24) is 9.88 Å². The number of pyridine rings is 1. The van der Waals surface area contributed by atoms with Crippen LogP contribution in [0.25, 0.3) is 0 Å². The summed E-state index contributed by atoms with van der Waals surface area (Å²) in [6, 6.07) is 12.3. The molecule has 1 aromatic heterocycles. The standard InChI is InChI=1S/C26H31N3O4/c1-17-22(18(2)28-25(31)23(17)16-27)9-10-24(30)33-19(3)26(32)29-13-11-21(12-14-29)15-20-7-5-4-6-8-20/h4-8,19,21H,9-15H2,1-3H3,(H,28,31). The third-order valence-corrected chi connectivity index (χ3v) is 6.45. The van der Waals surface area contributed by atoms with Crippen molar-refractivity contribution in [3.05, 3.63) is 68.6 Å². The van der Waals surface area contributed by atoms with Gasteiger partial charge in [0.2, 0.25) is 0 Å². The van der Waals surface area contributed by atoms with Crippen molar-refractivity contribution in [3.63, 3.8) is 0 Å². The van der Waals surface area contributed by atoms with Crippen LogP contribution in [0.3, 0.4) is 0 Å². The van der Waals surface area contributed by atoms with Crippen LogP contribution in [0.4, 0.5) is 0 Å². The fraction of sp³-hybridized carbons (Fsp3) is 0.462. The Kier molecular flexibility index (Phi) is 8.05. The van der Waals surface area contributed by atoms with Crippen LogP contribution in [-0.2, 0) is 27.2 Å². The van der Waals surface area contributed by atoms with E-state index in [0.29, 0.717) is 36.7 Å². The molecule has 7 heteroatoms. The number of aromatic amines is 1. The van der Waals surface area contributed by atoms with Gasteiger partial charge in [-0.05, 0) is 69.1 Å². The Morgan fingerprint density at radius 2 is 1.88 bits per heavy atom. The Balaban J connectivity index is 1.48. The molecule has 1 unspecified atom stereocenters. The SMILES string of the molecule is Cc1[nH]c(=O)c(C#N)c(C)c1CCC(=O)OC(C)C(=O)N1CCC(Cc2ccccc2)CC1. The summed E-state index contributed by atoms with van der Waals surface area (Å²) >= 11 is 0. The van der Waals surface area contributed by atoms with Crippen molar-refractivity contribution in [3.8, 4) is 6.07 Å². The highest BCUT2D eigenvalue weighted by atomic mass is 16.5. The maximum absolute atomic E-state index is 12.8. The topological polar surface area (TPSA) is 103 Å². The van der Waals surface area contributed by atoms with Gasteiger partial charge < -0.3 is 14.6 Å². The maximum Gasteiger partial charge on any atom is 0.306 e. The average Bonchev–Trinajstić information content (AvgIpc) is 2.79. The highest BCUT2D eigenvalue weighted by Crippen LogP contribution is 2.22. The van der Waals surface area contributed by atoms with Crippen LogP contribution >= 0.6 is 0 Å². The molecule has 0 bridgehead atoms. The molecule has 1 saturated heterocycles. The second-order valence-electron chi connectivity index (χ2n) is 8.76. The number of aryl methyl sites for hydroxylation is 1. The van der Waals surface area contributed by atoms with Crippen molar-refractivity contribution >= 4 is 11.9 Å². The lowest BCUT2D eigenvalue weighted by molar-refractivity contribution is -0.159. The molecule has 0 aliphatic carbocycles. The fourth-order valence-electron chi connectivity index (χ4n) is 4.52. The molecule has 3 rings (SSSR count). The van der Waals surface area contributed by atoms with Gasteiger partial charge in [-0.3, -0.25) is 14.4 Å². The van der Waals surface area contributed by atoms with E-state index in [1.807, 2.05) is 24.3 Å². The summed E-state index contributed by atoms with van der Waals surface area (Å²) in [5, 5.41) is 9.18. The average molecular weight is 450 g/mol. The van der Waals surface area contributed by atoms with Crippen LogP contribution < -0.4 is 5.56 Å². The molecule has 174 valence electrons. The summed E-state index contributed by atoms with van der Waals surface area (Å²) in [6.07, 6.45) is 2.45. The number of likely N-dealkylation sites (tertiary alicyclic amines) is 1. The van der Waals surface area contributed by atoms with Gasteiger partial charge in [0.15, 0.2) is 6.10 Å². The number of carbonyl (C=O) groups is 2. The maximum atomic E-state index is 12.8. The number of nitrogens with zero attached hydrogens (tertiary/aromatic N) is 2. The molecule has 0 spiro atoms. The predicted octanol–water partition coefficient (Wildman–Crippen LogP) is 3.21. The van der Waals surface area contributed by atoms with Gasteiger partial charge in [0.25, 0.3) is 11.5 Å². The Morgan fingerprint density at radius 3 is 2.52 bits per heavy atom. The number of hydrogen-bond donors (Lipinski definition) is 1. The normalized spacial score (nSPS) is 15.0. The van der Waals surface area contributed by atoms with Gasteiger partial charge in [-0.1, -0.05) is 30.3 Å². The highest BCUT2D eigenvalue weighted by Gasteiger charge is 2.28. The number of esters is 1. The van der Waals surface area contributed by atoms with Crippen molar-refractivity contribution in [2.45, 2.75) is 59.0 Å². The zero-order chi connectivity index (χ0) is 24.0. The molecule has 2 aromatic rings. The van der Waals surface area contributed by atoms with Gasteiger partial charge in [0.05, 0.1) is 0 Å². The van der Waals surface area contributed by atoms with E-state index < -0.39 is 17.6 Å². The predicted molar refractivity (Wildman–Crippen MR) is 125 cm³/mol. The minimum absolute atomic E-state index is 0.0585. The van der Waals surface area contributed by atoms with Crippen LogP contribution in [0.15, 0.2) is 35.1 Å². The summed E-state index contributed by atoms with van der Waals surface area (Å²) in [4.78, 5) is 41.5. The number of nitrogens with one attached hydrogen (secondary N) is 1. The van der Waals surface area contributed by atoms with E-state index in [1.165, 1.54) is 5.56 Å². The minimum atomic E-state index is -0.837. The molecule has 33 heavy (non-hydrogen) atoms. The van der Waals surface area contributed by atoms with Crippen molar-refractivity contribution in [2.24, 2.45) is 5.92 Å². The number of aromatic nitrogens is 1. The summed E-state index contributed by atoms with van der Waals surface area (Å²) in [7, 11) is 0. The smallest absolute Gasteiger partial charge is 0.306 e. The zero-order valence-corrected chi connectivity index (χ0v) is 19.5. The number of benzene rings is 1. The van der Waals surface area contributed by atoms with Crippen LogP contribution in [0, 0.1) is 31.1 Å². The third kappa shape index (κ3) is 6.10. The number of H-pyrrole nitrogens is 1. The van der Waals surface area contributed by atoms with E-state index in [2.05, 4.69) is 17.1 Å². The summed E-state index contributed by atoms with van der Waals surface area (Å²) in [5.74, 6) is -0.0839. The first-order chi connectivity index (χ1) is 15.8. The van der Waals surface area contributed by atoms with Gasteiger partial charge in [-0.15, -0.1) is 0 Å². The zero-order valence-electron chi connectivity index (χ0n) is 19.5. The van der Waals surface area contributed by atoms with E-state index in [-0.39, 0.29) is 17.9 Å². The summed E-state index contributed by atoms with van der Waals surface area (Å²) in [5.41, 5.74) is 2.91. The second kappa shape index (κ2) is 11.0. The number of carbonyl (C=O) groups excluding carboxylic acids is 2. The minimum Gasteiger partial charge on any atom is -0.453 e. The van der Waals surface area contributed by atoms with Crippen LogP contribution in [-0.4, -0.2) is 41.0 Å². The lowest BCUT2D eigenvalue weighted by Crippen LogP contribution is -2.44. The number of rotatable bonds is 7. The number of ether oxygens (including phenoxy) is 1. The molecule has 1 aromatic carbocycles. The van der Waals surface area contributed by atoms with E-state index >= 15 is 0 Å². The molecule has 0 saturated carbocycles. The first-order valence-electron chi connectivity index (χ1n) is 11.4. The molecule has 1 amide bonds. The van der Waals surface area contributed by atoms with E-state index in [4.69, 9.17) is 4.74 Å². The lowest BCUT2D eigenvalue weighted by Gasteiger charge is -2.33. The van der Waals surface area contributed by atoms with Gasteiger partial charge >= 0.3 is 5.97 Å². The Hall–Kier alpha value is -3.40. The third-order valence-electron chi connectivity index (χ3n) is 6.45. The van der Waals surface area contributed by atoms with Crippen LogP contribution in [0.1, 0.15) is 54.1 Å². The Morgan fingerprint density at radius 1 is 1.21 bits per heavy atom. The van der Waals surface area contributed by atoms with Gasteiger partial charge in [0.1, 0.15) is 11.6 Å². The molecule has 1 fully saturated rings. The molecule has 0 radical (unpaired) electrons. The number of nitriles is 1. The molecule has 2 heterocycles. The monoisotopic (exact) mass is 449 g/mol. The quantitative estimate of drug-likeness (QED) is 0.654. The molecule has 7 nitrogen and oxygen atoms in total.